The van der Waals surface area contributed by atoms with Crippen LogP contribution in [0.15, 0.2) is 30.3 Å². The van der Waals surface area contributed by atoms with Crippen molar-refractivity contribution in [2.45, 2.75) is 13.0 Å². The van der Waals surface area contributed by atoms with Crippen LogP contribution in [-0.2, 0) is 4.79 Å². The summed E-state index contributed by atoms with van der Waals surface area (Å²) in [6.45, 7) is 1.85. The van der Waals surface area contributed by atoms with Gasteiger partial charge in [0.15, 0.2) is 11.6 Å². The number of thiophene rings is 1. The molecule has 0 aliphatic heterocycles. The first-order valence-corrected chi connectivity index (χ1v) is 7.28. The summed E-state index contributed by atoms with van der Waals surface area (Å²) < 4.78 is 26.4. The molecule has 1 atom stereocenters. The molecule has 4 nitrogen and oxygen atoms in total. The molecule has 2 rings (SSSR count). The first-order chi connectivity index (χ1) is 10.4. The lowest BCUT2D eigenvalue weighted by Crippen LogP contribution is -2.38. The zero-order chi connectivity index (χ0) is 16.3. The Labute approximate surface area is 130 Å². The van der Waals surface area contributed by atoms with Crippen molar-refractivity contribution in [2.75, 3.05) is 7.05 Å². The SMILES string of the molecule is CNC(=O)C(NC(=O)c1ccc(C)s1)c1ccc(F)c(F)c1. The highest BCUT2D eigenvalue weighted by Gasteiger charge is 2.24. The van der Waals surface area contributed by atoms with E-state index in [4.69, 9.17) is 0 Å². The van der Waals surface area contributed by atoms with Crippen LogP contribution in [0.2, 0.25) is 0 Å². The highest BCUT2D eigenvalue weighted by molar-refractivity contribution is 7.13. The predicted molar refractivity (Wildman–Crippen MR) is 79.7 cm³/mol. The van der Waals surface area contributed by atoms with Crippen molar-refractivity contribution >= 4 is 23.2 Å². The molecule has 116 valence electrons. The van der Waals surface area contributed by atoms with Gasteiger partial charge in [0.25, 0.3) is 5.91 Å². The Morgan fingerprint density at radius 1 is 1.14 bits per heavy atom. The number of rotatable bonds is 4. The molecule has 0 spiro atoms. The van der Waals surface area contributed by atoms with Gasteiger partial charge in [0.1, 0.15) is 6.04 Å². The summed E-state index contributed by atoms with van der Waals surface area (Å²) in [7, 11) is 1.40. The van der Waals surface area contributed by atoms with Crippen LogP contribution in [0.25, 0.3) is 0 Å². The minimum Gasteiger partial charge on any atom is -0.357 e. The molecular weight excluding hydrogens is 310 g/mol. The third-order valence-electron chi connectivity index (χ3n) is 3.03. The third kappa shape index (κ3) is 3.48. The molecule has 0 saturated heterocycles. The number of carbonyl (C=O) groups excluding carboxylic acids is 2. The molecule has 0 fully saturated rings. The Bertz CT molecular complexity index is 715. The van der Waals surface area contributed by atoms with Crippen LogP contribution in [-0.4, -0.2) is 18.9 Å². The molecule has 0 radical (unpaired) electrons. The monoisotopic (exact) mass is 324 g/mol. The number of halogens is 2. The fourth-order valence-corrected chi connectivity index (χ4v) is 2.67. The zero-order valence-corrected chi connectivity index (χ0v) is 12.8. The van der Waals surface area contributed by atoms with E-state index in [1.807, 2.05) is 6.92 Å². The van der Waals surface area contributed by atoms with Crippen LogP contribution < -0.4 is 10.6 Å². The molecule has 1 aromatic heterocycles. The molecular formula is C15H14F2N2O2S. The predicted octanol–water partition coefficient (Wildman–Crippen LogP) is 2.55. The molecule has 2 N–H and O–H groups in total. The van der Waals surface area contributed by atoms with Gasteiger partial charge in [-0.2, -0.15) is 0 Å². The molecule has 0 aliphatic carbocycles. The maximum absolute atomic E-state index is 13.4. The largest absolute Gasteiger partial charge is 0.357 e. The minimum atomic E-state index is -1.10. The third-order valence-corrected chi connectivity index (χ3v) is 4.02. The molecule has 1 aromatic carbocycles. The van der Waals surface area contributed by atoms with Crippen molar-refractivity contribution in [3.05, 3.63) is 57.3 Å². The molecule has 22 heavy (non-hydrogen) atoms. The van der Waals surface area contributed by atoms with E-state index in [1.54, 1.807) is 12.1 Å². The second-order valence-electron chi connectivity index (χ2n) is 4.60. The van der Waals surface area contributed by atoms with Crippen molar-refractivity contribution in [3.63, 3.8) is 0 Å². The number of amides is 2. The number of hydrogen-bond acceptors (Lipinski definition) is 3. The van der Waals surface area contributed by atoms with Crippen molar-refractivity contribution in [1.82, 2.24) is 10.6 Å². The van der Waals surface area contributed by atoms with E-state index in [1.165, 1.54) is 24.5 Å². The normalized spacial score (nSPS) is 11.8. The second-order valence-corrected chi connectivity index (χ2v) is 5.89. The molecule has 0 bridgehead atoms. The number of benzene rings is 1. The summed E-state index contributed by atoms with van der Waals surface area (Å²) in [5.74, 6) is -3.06. The molecule has 7 heteroatoms. The number of aryl methyl sites for hydroxylation is 1. The Kier molecular flexibility index (Phi) is 4.87. The highest BCUT2D eigenvalue weighted by atomic mass is 32.1. The topological polar surface area (TPSA) is 58.2 Å². The number of hydrogen-bond donors (Lipinski definition) is 2. The number of likely N-dealkylation sites (N-methyl/N-ethyl adjacent to an activating group) is 1. The molecule has 1 unspecified atom stereocenters. The Morgan fingerprint density at radius 3 is 2.41 bits per heavy atom. The standard InChI is InChI=1S/C15H14F2N2O2S/c1-8-3-6-12(22-8)14(20)19-13(15(21)18-2)9-4-5-10(16)11(17)7-9/h3-7,13H,1-2H3,(H,18,21)(H,19,20). The van der Waals surface area contributed by atoms with Gasteiger partial charge in [0, 0.05) is 11.9 Å². The van der Waals surface area contributed by atoms with E-state index in [0.717, 1.165) is 17.0 Å². The van der Waals surface area contributed by atoms with Crippen molar-refractivity contribution in [2.24, 2.45) is 0 Å². The van der Waals surface area contributed by atoms with Gasteiger partial charge in [-0.25, -0.2) is 8.78 Å². The Morgan fingerprint density at radius 2 is 1.86 bits per heavy atom. The summed E-state index contributed by atoms with van der Waals surface area (Å²) in [6.07, 6.45) is 0. The second kappa shape index (κ2) is 6.65. The van der Waals surface area contributed by atoms with Gasteiger partial charge < -0.3 is 10.6 Å². The van der Waals surface area contributed by atoms with Crippen LogP contribution >= 0.6 is 11.3 Å². The smallest absolute Gasteiger partial charge is 0.262 e. The fraction of sp³-hybridized carbons (Fsp3) is 0.200. The molecule has 0 aliphatic rings. The lowest BCUT2D eigenvalue weighted by molar-refractivity contribution is -0.122. The fourth-order valence-electron chi connectivity index (χ4n) is 1.90. The lowest BCUT2D eigenvalue weighted by atomic mass is 10.1. The number of carbonyl (C=O) groups is 2. The summed E-state index contributed by atoms with van der Waals surface area (Å²) in [5.41, 5.74) is 0.167. The first-order valence-electron chi connectivity index (χ1n) is 6.46. The molecule has 1 heterocycles. The van der Waals surface area contributed by atoms with Crippen LogP contribution in [0, 0.1) is 18.6 Å². The van der Waals surface area contributed by atoms with E-state index >= 15 is 0 Å². The van der Waals surface area contributed by atoms with Gasteiger partial charge in [-0.15, -0.1) is 11.3 Å². The quantitative estimate of drug-likeness (QED) is 0.908. The average molecular weight is 324 g/mol. The van der Waals surface area contributed by atoms with E-state index in [0.29, 0.717) is 4.88 Å². The van der Waals surface area contributed by atoms with Crippen molar-refractivity contribution < 1.29 is 18.4 Å². The van der Waals surface area contributed by atoms with Crippen molar-refractivity contribution in [3.8, 4) is 0 Å². The molecule has 0 saturated carbocycles. The number of nitrogens with one attached hydrogen (secondary N) is 2. The van der Waals surface area contributed by atoms with Crippen molar-refractivity contribution in [1.29, 1.82) is 0 Å². The van der Waals surface area contributed by atoms with E-state index in [2.05, 4.69) is 10.6 Å². The first kappa shape index (κ1) is 16.1. The summed E-state index contributed by atoms with van der Waals surface area (Å²) >= 11 is 1.28. The summed E-state index contributed by atoms with van der Waals surface area (Å²) in [6, 6.07) is 5.40. The van der Waals surface area contributed by atoms with Crippen LogP contribution in [0.4, 0.5) is 8.78 Å². The van der Waals surface area contributed by atoms with Crippen LogP contribution in [0.3, 0.4) is 0 Å². The van der Waals surface area contributed by atoms with E-state index in [9.17, 15) is 18.4 Å². The van der Waals surface area contributed by atoms with Gasteiger partial charge in [-0.1, -0.05) is 6.07 Å². The zero-order valence-electron chi connectivity index (χ0n) is 11.9. The minimum absolute atomic E-state index is 0.167. The molecule has 2 aromatic rings. The van der Waals surface area contributed by atoms with Crippen LogP contribution in [0.5, 0.6) is 0 Å². The average Bonchev–Trinajstić information content (AvgIpc) is 2.93. The maximum Gasteiger partial charge on any atom is 0.262 e. The van der Waals surface area contributed by atoms with E-state index in [-0.39, 0.29) is 5.56 Å². The maximum atomic E-state index is 13.4. The summed E-state index contributed by atoms with van der Waals surface area (Å²) in [4.78, 5) is 25.5. The van der Waals surface area contributed by atoms with Crippen LogP contribution in [0.1, 0.15) is 26.2 Å². The Balaban J connectivity index is 2.28. The van der Waals surface area contributed by atoms with Gasteiger partial charge >= 0.3 is 0 Å². The van der Waals surface area contributed by atoms with Gasteiger partial charge in [0.05, 0.1) is 4.88 Å². The molecule has 2 amide bonds. The van der Waals surface area contributed by atoms with Gasteiger partial charge in [0.2, 0.25) is 5.91 Å². The van der Waals surface area contributed by atoms with Gasteiger partial charge in [-0.3, -0.25) is 9.59 Å². The highest BCUT2D eigenvalue weighted by Crippen LogP contribution is 2.20. The lowest BCUT2D eigenvalue weighted by Gasteiger charge is -2.17. The van der Waals surface area contributed by atoms with Gasteiger partial charge in [-0.05, 0) is 36.8 Å². The van der Waals surface area contributed by atoms with E-state index < -0.39 is 29.5 Å². The Hall–Kier alpha value is -2.28. The summed E-state index contributed by atoms with van der Waals surface area (Å²) in [5, 5.41) is 4.92.